The van der Waals surface area contributed by atoms with Gasteiger partial charge in [-0.3, -0.25) is 0 Å². The maximum absolute atomic E-state index is 13.4. The highest BCUT2D eigenvalue weighted by Crippen LogP contribution is 2.40. The molecule has 1 aliphatic rings. The summed E-state index contributed by atoms with van der Waals surface area (Å²) < 4.78 is 27.1. The molecule has 284 valence electrons. The van der Waals surface area contributed by atoms with Crippen molar-refractivity contribution in [2.24, 2.45) is 0 Å². The predicted molar refractivity (Wildman–Crippen MR) is 169 cm³/mol. The van der Waals surface area contributed by atoms with Crippen molar-refractivity contribution in [1.29, 1.82) is 0 Å². The van der Waals surface area contributed by atoms with Gasteiger partial charge in [0, 0.05) is 0 Å². The first kappa shape index (κ1) is 37.6. The first-order chi connectivity index (χ1) is 25.4. The number of carbonyl (C=O) groups is 4. The van der Waals surface area contributed by atoms with Crippen LogP contribution in [0, 0.1) is 0 Å². The van der Waals surface area contributed by atoms with Gasteiger partial charge in [-0.25, -0.2) is 19.2 Å². The van der Waals surface area contributed by atoms with E-state index in [0.29, 0.717) is 48.5 Å². The molecule has 1 saturated heterocycles. The number of phenols is 12. The van der Waals surface area contributed by atoms with E-state index in [2.05, 4.69) is 0 Å². The molecule has 0 saturated carbocycles. The van der Waals surface area contributed by atoms with Gasteiger partial charge in [0.2, 0.25) is 12.4 Å². The van der Waals surface area contributed by atoms with Crippen LogP contribution >= 0.6 is 0 Å². The molecule has 4 aromatic rings. The molecule has 5 rings (SSSR count). The van der Waals surface area contributed by atoms with Gasteiger partial charge in [-0.05, 0) is 48.5 Å². The molecule has 0 aliphatic carbocycles. The van der Waals surface area contributed by atoms with Gasteiger partial charge in [0.05, 0.1) is 28.9 Å². The van der Waals surface area contributed by atoms with Crippen molar-refractivity contribution in [1.82, 2.24) is 0 Å². The molecule has 0 amide bonds. The second kappa shape index (κ2) is 14.5. The topological polar surface area (TPSA) is 357 Å². The van der Waals surface area contributed by atoms with Gasteiger partial charge in [-0.1, -0.05) is 0 Å². The van der Waals surface area contributed by atoms with E-state index in [9.17, 15) is 80.5 Å². The van der Waals surface area contributed by atoms with Gasteiger partial charge in [0.1, 0.15) is 0 Å². The number of rotatable bonds is 8. The number of benzene rings is 4. The molecule has 12 N–H and O–H groups in total. The van der Waals surface area contributed by atoms with Crippen molar-refractivity contribution in [3.8, 4) is 69.0 Å². The van der Waals surface area contributed by atoms with E-state index in [4.69, 9.17) is 23.7 Å². The first-order valence-corrected chi connectivity index (χ1v) is 14.8. The van der Waals surface area contributed by atoms with Crippen molar-refractivity contribution < 1.29 is 104 Å². The highest BCUT2D eigenvalue weighted by Gasteiger charge is 2.50. The minimum Gasteiger partial charge on any atom is -0.504 e. The molecule has 54 heavy (non-hydrogen) atoms. The minimum atomic E-state index is -2.25. The Kier molecular flexibility index (Phi) is 10.1. The third-order valence-electron chi connectivity index (χ3n) is 7.57. The summed E-state index contributed by atoms with van der Waals surface area (Å²) in [5.41, 5.74) is -2.59. The highest BCUT2D eigenvalue weighted by atomic mass is 16.7. The quantitative estimate of drug-likeness (QED) is 0.0685. The molecule has 21 heteroatoms. The van der Waals surface area contributed by atoms with Gasteiger partial charge in [0.25, 0.3) is 0 Å². The van der Waals surface area contributed by atoms with Gasteiger partial charge >= 0.3 is 23.9 Å². The summed E-state index contributed by atoms with van der Waals surface area (Å²) in [6.07, 6.45) is -8.50. The molecule has 1 heterocycles. The van der Waals surface area contributed by atoms with Crippen LogP contribution in [0.4, 0.5) is 0 Å². The van der Waals surface area contributed by atoms with Crippen molar-refractivity contribution in [3.05, 3.63) is 70.8 Å². The van der Waals surface area contributed by atoms with Crippen LogP contribution in [0.5, 0.6) is 69.0 Å². The minimum absolute atomic E-state index is 0.606. The maximum Gasteiger partial charge on any atom is 0.340 e. The summed E-state index contributed by atoms with van der Waals surface area (Å²) in [6.45, 7) is -0.898. The Labute approximate surface area is 299 Å². The second-order valence-corrected chi connectivity index (χ2v) is 11.2. The van der Waals surface area contributed by atoms with Crippen LogP contribution in [0.2, 0.25) is 0 Å². The number of carbonyl (C=O) groups excluding carboxylic acids is 4. The van der Waals surface area contributed by atoms with E-state index in [1.807, 2.05) is 0 Å². The number of hydrogen-bond donors (Lipinski definition) is 12. The molecule has 1 fully saturated rings. The SMILES string of the molecule is O=C(OC1OC[C@@H](OC(=O)c2cc(O)c(O)c(O)c2)[C@H](OC(=O)c2cc(O)c(O)c(O)c2)[C@H]1OC(=O)c1cc(O)c(O)c(O)c1)c1cc(O)c(O)c(O)c1. The van der Waals surface area contributed by atoms with Gasteiger partial charge in [-0.15, -0.1) is 0 Å². The Morgan fingerprint density at radius 3 is 0.981 bits per heavy atom. The molecule has 0 bridgehead atoms. The lowest BCUT2D eigenvalue weighted by molar-refractivity contribution is -0.250. The Morgan fingerprint density at radius 1 is 0.407 bits per heavy atom. The lowest BCUT2D eigenvalue weighted by atomic mass is 10.0. The molecule has 1 unspecified atom stereocenters. The fourth-order valence-electron chi connectivity index (χ4n) is 4.86. The zero-order chi connectivity index (χ0) is 39.8. The van der Waals surface area contributed by atoms with Crippen LogP contribution in [-0.2, 0) is 23.7 Å². The average molecular weight is 759 g/mol. The Morgan fingerprint density at radius 2 is 0.667 bits per heavy atom. The van der Waals surface area contributed by atoms with Crippen LogP contribution in [0.15, 0.2) is 48.5 Å². The van der Waals surface area contributed by atoms with E-state index >= 15 is 0 Å². The summed E-state index contributed by atoms with van der Waals surface area (Å²) in [6, 6.07) is 5.13. The van der Waals surface area contributed by atoms with Crippen LogP contribution in [0.1, 0.15) is 41.4 Å². The Balaban J connectivity index is 1.58. The van der Waals surface area contributed by atoms with Crippen LogP contribution in [0.3, 0.4) is 0 Å². The normalized spacial score (nSPS) is 17.9. The van der Waals surface area contributed by atoms with Gasteiger partial charge in [0.15, 0.2) is 81.2 Å². The molecule has 4 aromatic carbocycles. The number of esters is 4. The average Bonchev–Trinajstić information content (AvgIpc) is 3.11. The predicted octanol–water partition coefficient (Wildman–Crippen LogP) is 1.34. The van der Waals surface area contributed by atoms with Crippen molar-refractivity contribution in [2.45, 2.75) is 24.6 Å². The summed E-state index contributed by atoms with van der Waals surface area (Å²) in [4.78, 5) is 53.2. The largest absolute Gasteiger partial charge is 0.504 e. The molecule has 0 spiro atoms. The number of ether oxygens (including phenoxy) is 5. The van der Waals surface area contributed by atoms with E-state index in [0.717, 1.165) is 0 Å². The van der Waals surface area contributed by atoms with Crippen molar-refractivity contribution >= 4 is 23.9 Å². The highest BCUT2D eigenvalue weighted by molar-refractivity contribution is 5.94. The molecule has 0 aromatic heterocycles. The van der Waals surface area contributed by atoms with E-state index in [1.54, 1.807) is 0 Å². The Hall–Kier alpha value is -7.68. The lowest BCUT2D eigenvalue weighted by Crippen LogP contribution is -2.58. The number of aromatic hydroxyl groups is 12. The van der Waals surface area contributed by atoms with E-state index in [1.165, 1.54) is 0 Å². The Bertz CT molecular complexity index is 1930. The molecule has 21 nitrogen and oxygen atoms in total. The summed E-state index contributed by atoms with van der Waals surface area (Å²) in [5.74, 6) is -17.9. The monoisotopic (exact) mass is 758 g/mol. The standard InChI is InChI=1S/C33H26O21/c34-14-1-10(2-15(35)23(14)42)29(46)51-22-9-50-33(54-32(49)13-7-20(40)26(45)21(41)8-13)28(53-31(48)12-5-18(38)25(44)19(39)6-12)27(22)52-30(47)11-3-16(36)24(43)17(37)4-11/h1-8,22,27-28,33-45H,9H2/t22-,27+,28-,33?/m1/s1. The molecular weight excluding hydrogens is 732 g/mol. The summed E-state index contributed by atoms with van der Waals surface area (Å²) >= 11 is 0. The maximum atomic E-state index is 13.4. The smallest absolute Gasteiger partial charge is 0.340 e. The van der Waals surface area contributed by atoms with Crippen molar-refractivity contribution in [2.75, 3.05) is 6.61 Å². The first-order valence-electron chi connectivity index (χ1n) is 14.8. The zero-order valence-corrected chi connectivity index (χ0v) is 26.7. The molecule has 4 atom stereocenters. The summed E-state index contributed by atoms with van der Waals surface area (Å²) in [5, 5.41) is 118. The van der Waals surface area contributed by atoms with Crippen LogP contribution in [0.25, 0.3) is 0 Å². The summed E-state index contributed by atoms with van der Waals surface area (Å²) in [7, 11) is 0. The molecular formula is C33H26O21. The van der Waals surface area contributed by atoms with Crippen molar-refractivity contribution in [3.63, 3.8) is 0 Å². The van der Waals surface area contributed by atoms with E-state index in [-0.39, 0.29) is 0 Å². The van der Waals surface area contributed by atoms with E-state index < -0.39 is 146 Å². The fraction of sp³-hybridized carbons (Fsp3) is 0.152. The lowest BCUT2D eigenvalue weighted by Gasteiger charge is -2.40. The van der Waals surface area contributed by atoms with Gasteiger partial charge < -0.3 is 85.0 Å². The van der Waals surface area contributed by atoms with Crippen LogP contribution < -0.4 is 0 Å². The molecule has 0 radical (unpaired) electrons. The zero-order valence-electron chi connectivity index (χ0n) is 26.7. The third kappa shape index (κ3) is 7.50. The number of hydrogen-bond acceptors (Lipinski definition) is 21. The fourth-order valence-corrected chi connectivity index (χ4v) is 4.86. The van der Waals surface area contributed by atoms with Crippen LogP contribution in [-0.4, -0.2) is 116 Å². The molecule has 1 aliphatic heterocycles. The number of phenolic OH excluding ortho intramolecular Hbond substituents is 12. The van der Waals surface area contributed by atoms with Gasteiger partial charge in [-0.2, -0.15) is 0 Å². The second-order valence-electron chi connectivity index (χ2n) is 11.2. The third-order valence-corrected chi connectivity index (χ3v) is 7.57.